The van der Waals surface area contributed by atoms with Gasteiger partial charge in [0.1, 0.15) is 5.69 Å². The Hall–Kier alpha value is -2.64. The first kappa shape index (κ1) is 14.8. The van der Waals surface area contributed by atoms with Crippen LogP contribution < -0.4 is 10.6 Å². The summed E-state index contributed by atoms with van der Waals surface area (Å²) in [6.45, 7) is 4.99. The zero-order valence-corrected chi connectivity index (χ0v) is 12.3. The molecule has 21 heavy (non-hydrogen) atoms. The highest BCUT2D eigenvalue weighted by molar-refractivity contribution is 6.07. The van der Waals surface area contributed by atoms with E-state index in [1.165, 1.54) is 7.05 Å². The van der Waals surface area contributed by atoms with Crippen molar-refractivity contribution in [1.29, 1.82) is 0 Å². The zero-order chi connectivity index (χ0) is 15.4. The Labute approximate surface area is 122 Å². The molecule has 0 fully saturated rings. The number of amides is 2. The van der Waals surface area contributed by atoms with E-state index in [2.05, 4.69) is 20.8 Å². The molecule has 0 aliphatic rings. The molecule has 112 valence electrons. The quantitative estimate of drug-likeness (QED) is 0.849. The molecule has 0 saturated carbocycles. The van der Waals surface area contributed by atoms with Crippen molar-refractivity contribution in [3.05, 3.63) is 29.8 Å². The minimum atomic E-state index is -0.346. The van der Waals surface area contributed by atoms with E-state index < -0.39 is 0 Å². The Morgan fingerprint density at radius 2 is 2.00 bits per heavy atom. The molecule has 2 aromatic heterocycles. The number of nitrogens with zero attached hydrogens (tertiary/aromatic N) is 4. The molecule has 8 heteroatoms. The molecule has 2 N–H and O–H groups in total. The maximum absolute atomic E-state index is 12.3. The van der Waals surface area contributed by atoms with Gasteiger partial charge in [-0.1, -0.05) is 0 Å². The van der Waals surface area contributed by atoms with Crippen molar-refractivity contribution < 1.29 is 9.59 Å². The summed E-state index contributed by atoms with van der Waals surface area (Å²) in [5.74, 6) is -0.670. The molecule has 0 aliphatic carbocycles. The standard InChI is InChI=1S/C13H18N6O2/c1-4-18-8-9(11(17-18)13(21)14-3)16-12(20)10-6-7-15-19(10)5-2/h6-8H,4-5H2,1-3H3,(H,14,21)(H,16,20). The predicted molar refractivity (Wildman–Crippen MR) is 77.1 cm³/mol. The van der Waals surface area contributed by atoms with Gasteiger partial charge < -0.3 is 10.6 Å². The van der Waals surface area contributed by atoms with Gasteiger partial charge in [0.15, 0.2) is 5.69 Å². The molecule has 0 saturated heterocycles. The molecule has 0 bridgehead atoms. The van der Waals surface area contributed by atoms with Crippen molar-refractivity contribution in [1.82, 2.24) is 24.9 Å². The average molecular weight is 290 g/mol. The number of hydrogen-bond donors (Lipinski definition) is 2. The van der Waals surface area contributed by atoms with Gasteiger partial charge in [0.2, 0.25) is 0 Å². The minimum Gasteiger partial charge on any atom is -0.354 e. The molecule has 2 amide bonds. The van der Waals surface area contributed by atoms with E-state index in [1.807, 2.05) is 13.8 Å². The lowest BCUT2D eigenvalue weighted by Gasteiger charge is -2.06. The van der Waals surface area contributed by atoms with Gasteiger partial charge in [-0.25, -0.2) is 0 Å². The van der Waals surface area contributed by atoms with Gasteiger partial charge in [0.25, 0.3) is 11.8 Å². The molecule has 0 aliphatic heterocycles. The van der Waals surface area contributed by atoms with E-state index in [0.717, 1.165) is 0 Å². The number of aromatic nitrogens is 4. The smallest absolute Gasteiger partial charge is 0.274 e. The van der Waals surface area contributed by atoms with Crippen LogP contribution in [0.25, 0.3) is 0 Å². The summed E-state index contributed by atoms with van der Waals surface area (Å²) >= 11 is 0. The third-order valence-corrected chi connectivity index (χ3v) is 3.02. The fraction of sp³-hybridized carbons (Fsp3) is 0.385. The molecular weight excluding hydrogens is 272 g/mol. The summed E-state index contributed by atoms with van der Waals surface area (Å²) in [4.78, 5) is 24.1. The lowest BCUT2D eigenvalue weighted by molar-refractivity contribution is 0.0958. The van der Waals surface area contributed by atoms with Crippen LogP contribution in [0.1, 0.15) is 34.8 Å². The van der Waals surface area contributed by atoms with Crippen molar-refractivity contribution in [2.45, 2.75) is 26.9 Å². The molecule has 2 rings (SSSR count). The molecule has 8 nitrogen and oxygen atoms in total. The Bertz CT molecular complexity index is 657. The second-order valence-corrected chi connectivity index (χ2v) is 4.31. The van der Waals surface area contributed by atoms with Crippen LogP contribution >= 0.6 is 0 Å². The van der Waals surface area contributed by atoms with Gasteiger partial charge in [-0.3, -0.25) is 19.0 Å². The Morgan fingerprint density at radius 3 is 2.62 bits per heavy atom. The van der Waals surface area contributed by atoms with E-state index >= 15 is 0 Å². The average Bonchev–Trinajstić information content (AvgIpc) is 3.12. The van der Waals surface area contributed by atoms with Crippen LogP contribution in [0.4, 0.5) is 5.69 Å². The van der Waals surface area contributed by atoms with Crippen LogP contribution in [-0.2, 0) is 13.1 Å². The van der Waals surface area contributed by atoms with Gasteiger partial charge in [-0.2, -0.15) is 10.2 Å². The number of carbonyl (C=O) groups excluding carboxylic acids is 2. The summed E-state index contributed by atoms with van der Waals surface area (Å²) < 4.78 is 3.18. The SMILES string of the molecule is CCn1cc(NC(=O)c2ccnn2CC)c(C(=O)NC)n1. The van der Waals surface area contributed by atoms with E-state index in [9.17, 15) is 9.59 Å². The number of anilines is 1. The van der Waals surface area contributed by atoms with Crippen molar-refractivity contribution in [3.8, 4) is 0 Å². The van der Waals surface area contributed by atoms with Gasteiger partial charge in [0.05, 0.1) is 5.69 Å². The third kappa shape index (κ3) is 2.93. The number of rotatable bonds is 5. The molecule has 2 heterocycles. The topological polar surface area (TPSA) is 93.8 Å². The summed E-state index contributed by atoms with van der Waals surface area (Å²) in [5.41, 5.74) is 1.00. The highest BCUT2D eigenvalue weighted by atomic mass is 16.2. The van der Waals surface area contributed by atoms with Crippen molar-refractivity contribution in [2.75, 3.05) is 12.4 Å². The minimum absolute atomic E-state index is 0.190. The van der Waals surface area contributed by atoms with Gasteiger partial charge in [-0.05, 0) is 19.9 Å². The number of aryl methyl sites for hydroxylation is 2. The number of carbonyl (C=O) groups is 2. The highest BCUT2D eigenvalue weighted by Crippen LogP contribution is 2.15. The van der Waals surface area contributed by atoms with E-state index in [4.69, 9.17) is 0 Å². The maximum Gasteiger partial charge on any atom is 0.274 e. The molecule has 0 unspecified atom stereocenters. The first-order valence-corrected chi connectivity index (χ1v) is 6.73. The van der Waals surface area contributed by atoms with Gasteiger partial charge in [0, 0.05) is 32.5 Å². The fourth-order valence-electron chi connectivity index (χ4n) is 1.92. The first-order valence-electron chi connectivity index (χ1n) is 6.73. The van der Waals surface area contributed by atoms with Crippen molar-refractivity contribution in [3.63, 3.8) is 0 Å². The zero-order valence-electron chi connectivity index (χ0n) is 12.3. The van der Waals surface area contributed by atoms with Crippen LogP contribution in [0.3, 0.4) is 0 Å². The number of hydrogen-bond acceptors (Lipinski definition) is 4. The third-order valence-electron chi connectivity index (χ3n) is 3.02. The Kier molecular flexibility index (Phi) is 4.36. The second kappa shape index (κ2) is 6.21. The van der Waals surface area contributed by atoms with E-state index in [0.29, 0.717) is 24.5 Å². The van der Waals surface area contributed by atoms with Gasteiger partial charge in [-0.15, -0.1) is 0 Å². The van der Waals surface area contributed by atoms with E-state index in [-0.39, 0.29) is 17.5 Å². The second-order valence-electron chi connectivity index (χ2n) is 4.31. The van der Waals surface area contributed by atoms with E-state index in [1.54, 1.807) is 27.8 Å². The fourth-order valence-corrected chi connectivity index (χ4v) is 1.92. The Balaban J connectivity index is 2.28. The molecule has 0 atom stereocenters. The van der Waals surface area contributed by atoms with Gasteiger partial charge >= 0.3 is 0 Å². The first-order chi connectivity index (χ1) is 10.1. The van der Waals surface area contributed by atoms with Crippen LogP contribution in [0.15, 0.2) is 18.5 Å². The summed E-state index contributed by atoms with van der Waals surface area (Å²) in [6, 6.07) is 1.63. The summed E-state index contributed by atoms with van der Waals surface area (Å²) in [6.07, 6.45) is 3.20. The van der Waals surface area contributed by atoms with Crippen LogP contribution in [0.2, 0.25) is 0 Å². The normalized spacial score (nSPS) is 10.4. The molecule has 0 spiro atoms. The maximum atomic E-state index is 12.3. The lowest BCUT2D eigenvalue weighted by Crippen LogP contribution is -2.22. The van der Waals surface area contributed by atoms with Crippen LogP contribution in [-0.4, -0.2) is 38.4 Å². The monoisotopic (exact) mass is 290 g/mol. The van der Waals surface area contributed by atoms with Crippen LogP contribution in [0, 0.1) is 0 Å². The summed E-state index contributed by atoms with van der Waals surface area (Å²) in [7, 11) is 1.52. The van der Waals surface area contributed by atoms with Crippen molar-refractivity contribution in [2.24, 2.45) is 0 Å². The predicted octanol–water partition coefficient (Wildman–Crippen LogP) is 0.731. The molecule has 0 radical (unpaired) electrons. The largest absolute Gasteiger partial charge is 0.354 e. The molecular formula is C13H18N6O2. The highest BCUT2D eigenvalue weighted by Gasteiger charge is 2.19. The lowest BCUT2D eigenvalue weighted by atomic mass is 10.3. The summed E-state index contributed by atoms with van der Waals surface area (Å²) in [5, 5.41) is 13.4. The van der Waals surface area contributed by atoms with Crippen LogP contribution in [0.5, 0.6) is 0 Å². The molecule has 2 aromatic rings. The number of nitrogens with one attached hydrogen (secondary N) is 2. The molecule has 0 aromatic carbocycles. The Morgan fingerprint density at radius 1 is 1.24 bits per heavy atom. The van der Waals surface area contributed by atoms with Crippen molar-refractivity contribution >= 4 is 17.5 Å².